The van der Waals surface area contributed by atoms with E-state index in [9.17, 15) is 0 Å². The summed E-state index contributed by atoms with van der Waals surface area (Å²) in [4.78, 5) is 10.6. The van der Waals surface area contributed by atoms with Gasteiger partial charge in [0.05, 0.1) is 12.4 Å². The maximum absolute atomic E-state index is 5.61. The van der Waals surface area contributed by atoms with Crippen LogP contribution in [0.15, 0.2) is 12.4 Å². The molecule has 1 aromatic heterocycles. The van der Waals surface area contributed by atoms with E-state index >= 15 is 0 Å². The largest absolute Gasteiger partial charge is 0.382 e. The van der Waals surface area contributed by atoms with Gasteiger partial charge >= 0.3 is 0 Å². The first-order valence-electron chi connectivity index (χ1n) is 6.11. The zero-order valence-electron chi connectivity index (χ0n) is 10.6. The van der Waals surface area contributed by atoms with E-state index in [4.69, 9.17) is 5.73 Å². The van der Waals surface area contributed by atoms with Gasteiger partial charge in [-0.2, -0.15) is 0 Å². The van der Waals surface area contributed by atoms with Gasteiger partial charge < -0.3 is 16.0 Å². The van der Waals surface area contributed by atoms with E-state index in [0.29, 0.717) is 5.82 Å². The van der Waals surface area contributed by atoms with Gasteiger partial charge in [0.1, 0.15) is 11.6 Å². The van der Waals surface area contributed by atoms with Crippen molar-refractivity contribution in [1.82, 2.24) is 14.9 Å². The number of nitrogens with two attached hydrogens (primary N) is 1. The summed E-state index contributed by atoms with van der Waals surface area (Å²) in [6.45, 7) is 0.901. The number of nitrogen functional groups attached to an aromatic ring is 1. The number of hydrogen-bond donors (Lipinski definition) is 2. The standard InChI is InChI=1S/C12H21N5/c1-17(2)12(5-3-4-6-12)9-15-11-8-14-7-10(13)16-11/h7-8H,3-6,9H2,1-2H3,(H3,13,15,16). The highest BCUT2D eigenvalue weighted by Crippen LogP contribution is 2.33. The van der Waals surface area contributed by atoms with Crippen molar-refractivity contribution in [2.75, 3.05) is 31.7 Å². The number of likely N-dealkylation sites (N-methyl/N-ethyl adjacent to an activating group) is 1. The van der Waals surface area contributed by atoms with E-state index in [1.165, 1.54) is 25.7 Å². The smallest absolute Gasteiger partial charge is 0.147 e. The second-order valence-electron chi connectivity index (χ2n) is 5.01. The molecule has 0 spiro atoms. The molecule has 0 aromatic carbocycles. The monoisotopic (exact) mass is 235 g/mol. The minimum Gasteiger partial charge on any atom is -0.382 e. The van der Waals surface area contributed by atoms with Crippen LogP contribution in [0.3, 0.4) is 0 Å². The van der Waals surface area contributed by atoms with Gasteiger partial charge in [0.2, 0.25) is 0 Å². The first-order chi connectivity index (χ1) is 8.12. The van der Waals surface area contributed by atoms with Crippen LogP contribution >= 0.6 is 0 Å². The van der Waals surface area contributed by atoms with Crippen LogP contribution in [-0.4, -0.2) is 41.0 Å². The SMILES string of the molecule is CN(C)C1(CNc2cncc(N)n2)CCCC1. The third-order valence-corrected chi connectivity index (χ3v) is 3.73. The number of aromatic nitrogens is 2. The van der Waals surface area contributed by atoms with Crippen LogP contribution in [0.25, 0.3) is 0 Å². The highest BCUT2D eigenvalue weighted by molar-refractivity contribution is 5.38. The molecule has 0 saturated heterocycles. The second kappa shape index (κ2) is 4.87. The summed E-state index contributed by atoms with van der Waals surface area (Å²) >= 11 is 0. The molecule has 1 heterocycles. The fourth-order valence-electron chi connectivity index (χ4n) is 2.54. The molecule has 0 atom stereocenters. The van der Waals surface area contributed by atoms with Crippen molar-refractivity contribution in [1.29, 1.82) is 0 Å². The fraction of sp³-hybridized carbons (Fsp3) is 0.667. The molecule has 3 N–H and O–H groups in total. The number of nitrogens with zero attached hydrogens (tertiary/aromatic N) is 3. The number of nitrogens with one attached hydrogen (secondary N) is 1. The summed E-state index contributed by atoms with van der Waals surface area (Å²) in [5.74, 6) is 1.22. The van der Waals surface area contributed by atoms with Crippen LogP contribution in [0.4, 0.5) is 11.6 Å². The lowest BCUT2D eigenvalue weighted by Gasteiger charge is -2.36. The molecular formula is C12H21N5. The third-order valence-electron chi connectivity index (χ3n) is 3.73. The van der Waals surface area contributed by atoms with Gasteiger partial charge in [-0.3, -0.25) is 4.98 Å². The van der Waals surface area contributed by atoms with Gasteiger partial charge in [0, 0.05) is 12.1 Å². The molecule has 0 radical (unpaired) electrons. The van der Waals surface area contributed by atoms with Crippen LogP contribution < -0.4 is 11.1 Å². The Labute approximate surface area is 102 Å². The third kappa shape index (κ3) is 2.66. The molecule has 5 heteroatoms. The lowest BCUT2D eigenvalue weighted by atomic mass is 9.96. The maximum atomic E-state index is 5.61. The zero-order chi connectivity index (χ0) is 12.3. The van der Waals surface area contributed by atoms with E-state index in [2.05, 4.69) is 34.3 Å². The van der Waals surface area contributed by atoms with Crippen LogP contribution in [-0.2, 0) is 0 Å². The van der Waals surface area contributed by atoms with Gasteiger partial charge in [-0.25, -0.2) is 4.98 Å². The van der Waals surface area contributed by atoms with E-state index in [-0.39, 0.29) is 5.54 Å². The predicted octanol–water partition coefficient (Wildman–Crippen LogP) is 1.35. The van der Waals surface area contributed by atoms with Crippen molar-refractivity contribution in [2.24, 2.45) is 0 Å². The Morgan fingerprint density at radius 3 is 2.65 bits per heavy atom. The van der Waals surface area contributed by atoms with Crippen molar-refractivity contribution in [3.05, 3.63) is 12.4 Å². The summed E-state index contributed by atoms with van der Waals surface area (Å²) in [6.07, 6.45) is 8.37. The van der Waals surface area contributed by atoms with E-state index in [1.54, 1.807) is 12.4 Å². The normalized spacial score (nSPS) is 18.5. The Bertz CT molecular complexity index is 371. The minimum atomic E-state index is 0.256. The summed E-state index contributed by atoms with van der Waals surface area (Å²) in [6, 6.07) is 0. The molecule has 2 rings (SSSR count). The molecule has 0 aliphatic heterocycles. The zero-order valence-corrected chi connectivity index (χ0v) is 10.6. The van der Waals surface area contributed by atoms with Crippen LogP contribution in [0.2, 0.25) is 0 Å². The number of anilines is 2. The first-order valence-corrected chi connectivity index (χ1v) is 6.11. The van der Waals surface area contributed by atoms with Gasteiger partial charge in [0.25, 0.3) is 0 Å². The molecule has 5 nitrogen and oxygen atoms in total. The van der Waals surface area contributed by atoms with E-state index in [1.807, 2.05) is 0 Å². The summed E-state index contributed by atoms with van der Waals surface area (Å²) in [5.41, 5.74) is 5.87. The predicted molar refractivity (Wildman–Crippen MR) is 69.8 cm³/mol. The highest BCUT2D eigenvalue weighted by Gasteiger charge is 2.35. The second-order valence-corrected chi connectivity index (χ2v) is 5.01. The van der Waals surface area contributed by atoms with Crippen LogP contribution in [0.1, 0.15) is 25.7 Å². The van der Waals surface area contributed by atoms with E-state index < -0.39 is 0 Å². The molecular weight excluding hydrogens is 214 g/mol. The highest BCUT2D eigenvalue weighted by atomic mass is 15.2. The molecule has 94 valence electrons. The topological polar surface area (TPSA) is 67.1 Å². The molecule has 1 aromatic rings. The average Bonchev–Trinajstić information content (AvgIpc) is 2.76. The number of rotatable bonds is 4. The van der Waals surface area contributed by atoms with Gasteiger partial charge in [-0.15, -0.1) is 0 Å². The molecule has 0 bridgehead atoms. The van der Waals surface area contributed by atoms with Crippen molar-refractivity contribution < 1.29 is 0 Å². The van der Waals surface area contributed by atoms with Gasteiger partial charge in [0.15, 0.2) is 0 Å². The van der Waals surface area contributed by atoms with Gasteiger partial charge in [-0.1, -0.05) is 12.8 Å². The first kappa shape index (κ1) is 12.1. The van der Waals surface area contributed by atoms with Crippen LogP contribution in [0.5, 0.6) is 0 Å². The lowest BCUT2D eigenvalue weighted by Crippen LogP contribution is -2.47. The Morgan fingerprint density at radius 1 is 1.35 bits per heavy atom. The molecule has 1 saturated carbocycles. The molecule has 17 heavy (non-hydrogen) atoms. The average molecular weight is 235 g/mol. The fourth-order valence-corrected chi connectivity index (χ4v) is 2.54. The Morgan fingerprint density at radius 2 is 2.06 bits per heavy atom. The Kier molecular flexibility index (Phi) is 3.47. The lowest BCUT2D eigenvalue weighted by molar-refractivity contribution is 0.172. The summed E-state index contributed by atoms with van der Waals surface area (Å²) < 4.78 is 0. The molecule has 1 aliphatic rings. The maximum Gasteiger partial charge on any atom is 0.147 e. The van der Waals surface area contributed by atoms with Crippen molar-refractivity contribution in [3.63, 3.8) is 0 Å². The number of hydrogen-bond acceptors (Lipinski definition) is 5. The molecule has 0 amide bonds. The Hall–Kier alpha value is -1.36. The van der Waals surface area contributed by atoms with E-state index in [0.717, 1.165) is 12.4 Å². The summed E-state index contributed by atoms with van der Waals surface area (Å²) in [5, 5.41) is 3.35. The minimum absolute atomic E-state index is 0.256. The van der Waals surface area contributed by atoms with Crippen molar-refractivity contribution >= 4 is 11.6 Å². The van der Waals surface area contributed by atoms with Crippen molar-refractivity contribution in [3.8, 4) is 0 Å². The Balaban J connectivity index is 2.01. The van der Waals surface area contributed by atoms with Crippen molar-refractivity contribution in [2.45, 2.75) is 31.2 Å². The molecule has 1 aliphatic carbocycles. The van der Waals surface area contributed by atoms with Gasteiger partial charge in [-0.05, 0) is 26.9 Å². The molecule has 0 unspecified atom stereocenters. The summed E-state index contributed by atoms with van der Waals surface area (Å²) in [7, 11) is 4.30. The quantitative estimate of drug-likeness (QED) is 0.824. The molecule has 1 fully saturated rings. The van der Waals surface area contributed by atoms with Crippen LogP contribution in [0, 0.1) is 0 Å².